The van der Waals surface area contributed by atoms with Crippen molar-refractivity contribution in [3.05, 3.63) is 127 Å². The van der Waals surface area contributed by atoms with Crippen molar-refractivity contribution in [2.45, 2.75) is 52.5 Å². The maximum absolute atomic E-state index is 14.4. The standard InChI is InChI=1S/C36H35N3O3S/c1-5-12-29-31(35(41)42-6-2)33(25-19-17-23(18-20-25)22(3)4)39-34(40)30(43-36(39)38-29)21-27-26-15-10-11-16-28(26)37-32(27)24-13-8-7-9-14-24/h7-11,13-22,33,37H,5-6,12H2,1-4H3/b30-21-/t33-/m0/s1. The average Bonchev–Trinajstić information content (AvgIpc) is 3.54. The van der Waals surface area contributed by atoms with E-state index in [1.165, 1.54) is 16.9 Å². The van der Waals surface area contributed by atoms with Crippen LogP contribution in [0.3, 0.4) is 0 Å². The number of aromatic amines is 1. The molecule has 3 heterocycles. The van der Waals surface area contributed by atoms with Gasteiger partial charge in [0.05, 0.1) is 34.1 Å². The highest BCUT2D eigenvalue weighted by atomic mass is 32.1. The minimum atomic E-state index is -0.628. The van der Waals surface area contributed by atoms with E-state index in [9.17, 15) is 9.59 Å². The third kappa shape index (κ3) is 5.30. The lowest BCUT2D eigenvalue weighted by Crippen LogP contribution is -2.40. The van der Waals surface area contributed by atoms with Crippen LogP contribution in [0.5, 0.6) is 0 Å². The minimum absolute atomic E-state index is 0.177. The van der Waals surface area contributed by atoms with Gasteiger partial charge in [-0.05, 0) is 48.1 Å². The summed E-state index contributed by atoms with van der Waals surface area (Å²) in [5, 5.41) is 1.03. The summed E-state index contributed by atoms with van der Waals surface area (Å²) in [4.78, 5) is 37.0. The first-order chi connectivity index (χ1) is 20.9. The Labute approximate surface area is 254 Å². The Bertz CT molecular complexity index is 2010. The van der Waals surface area contributed by atoms with Gasteiger partial charge in [0.25, 0.3) is 5.56 Å². The van der Waals surface area contributed by atoms with Gasteiger partial charge < -0.3 is 9.72 Å². The third-order valence-electron chi connectivity index (χ3n) is 7.90. The number of nitrogens with one attached hydrogen (secondary N) is 1. The quantitative estimate of drug-likeness (QED) is 0.201. The Morgan fingerprint density at radius 3 is 2.44 bits per heavy atom. The van der Waals surface area contributed by atoms with Crippen molar-refractivity contribution in [3.8, 4) is 11.3 Å². The molecule has 0 fully saturated rings. The van der Waals surface area contributed by atoms with E-state index in [1.54, 1.807) is 11.5 Å². The van der Waals surface area contributed by atoms with Crippen LogP contribution in [0.25, 0.3) is 28.2 Å². The lowest BCUT2D eigenvalue weighted by molar-refractivity contribution is -0.139. The summed E-state index contributed by atoms with van der Waals surface area (Å²) in [6.07, 6.45) is 3.39. The van der Waals surface area contributed by atoms with E-state index in [1.807, 2.05) is 54.6 Å². The predicted molar refractivity (Wildman–Crippen MR) is 174 cm³/mol. The number of nitrogens with zero attached hydrogens (tertiary/aromatic N) is 2. The maximum Gasteiger partial charge on any atom is 0.338 e. The number of H-pyrrole nitrogens is 1. The number of thiazole rings is 1. The fourth-order valence-electron chi connectivity index (χ4n) is 5.78. The number of carbonyl (C=O) groups is 1. The van der Waals surface area contributed by atoms with Gasteiger partial charge in [0.15, 0.2) is 4.80 Å². The Hall–Kier alpha value is -4.49. The molecule has 7 heteroatoms. The highest BCUT2D eigenvalue weighted by Crippen LogP contribution is 2.34. The summed E-state index contributed by atoms with van der Waals surface area (Å²) in [5.41, 5.74) is 6.94. The van der Waals surface area contributed by atoms with Crippen molar-refractivity contribution in [2.75, 3.05) is 6.61 Å². The topological polar surface area (TPSA) is 76.5 Å². The van der Waals surface area contributed by atoms with Gasteiger partial charge in [-0.2, -0.15) is 0 Å². The summed E-state index contributed by atoms with van der Waals surface area (Å²) >= 11 is 1.36. The van der Waals surface area contributed by atoms with Gasteiger partial charge in [-0.1, -0.05) is 111 Å². The van der Waals surface area contributed by atoms with Gasteiger partial charge in [0, 0.05) is 16.5 Å². The summed E-state index contributed by atoms with van der Waals surface area (Å²) in [5.74, 6) is -0.0633. The van der Waals surface area contributed by atoms with Crippen LogP contribution in [0.2, 0.25) is 0 Å². The normalized spacial score (nSPS) is 15.2. The average molecular weight is 590 g/mol. The number of aromatic nitrogens is 2. The summed E-state index contributed by atoms with van der Waals surface area (Å²) in [6, 6.07) is 25.8. The van der Waals surface area contributed by atoms with Gasteiger partial charge >= 0.3 is 5.97 Å². The Morgan fingerprint density at radius 2 is 1.74 bits per heavy atom. The summed E-state index contributed by atoms with van der Waals surface area (Å²) in [7, 11) is 0. The molecule has 1 aliphatic rings. The molecule has 5 aromatic rings. The molecule has 3 aromatic carbocycles. The number of hydrogen-bond donors (Lipinski definition) is 1. The number of rotatable bonds is 8. The van der Waals surface area contributed by atoms with Crippen LogP contribution in [0.4, 0.5) is 0 Å². The summed E-state index contributed by atoms with van der Waals surface area (Å²) in [6.45, 7) is 8.40. The SMILES string of the molecule is CCCC1=C(C(=O)OCC)[C@H](c2ccc(C(C)C)cc2)n2c(s/c(=C\c3c(-c4ccccc4)[nH]c4ccccc34)c2=O)=N1. The number of allylic oxidation sites excluding steroid dienone is 1. The number of carbonyl (C=O) groups excluding carboxylic acids is 1. The third-order valence-corrected chi connectivity index (χ3v) is 8.88. The molecule has 2 aromatic heterocycles. The van der Waals surface area contributed by atoms with Gasteiger partial charge in [-0.25, -0.2) is 9.79 Å². The van der Waals surface area contributed by atoms with Gasteiger partial charge in [0.1, 0.15) is 0 Å². The molecule has 0 radical (unpaired) electrons. The first-order valence-electron chi connectivity index (χ1n) is 14.9. The number of benzene rings is 3. The molecule has 1 N–H and O–H groups in total. The maximum atomic E-state index is 14.4. The first kappa shape index (κ1) is 28.6. The van der Waals surface area contributed by atoms with E-state index < -0.39 is 12.0 Å². The van der Waals surface area contributed by atoms with E-state index in [4.69, 9.17) is 9.73 Å². The van der Waals surface area contributed by atoms with Crippen LogP contribution in [0, 0.1) is 0 Å². The molecule has 0 spiro atoms. The first-order valence-corrected chi connectivity index (χ1v) is 15.7. The van der Waals surface area contributed by atoms with Crippen LogP contribution in [0.15, 0.2) is 99.9 Å². The molecule has 0 saturated heterocycles. The van der Waals surface area contributed by atoms with Crippen molar-refractivity contribution in [3.63, 3.8) is 0 Å². The van der Waals surface area contributed by atoms with E-state index in [0.717, 1.165) is 39.7 Å². The molecule has 218 valence electrons. The van der Waals surface area contributed by atoms with E-state index >= 15 is 0 Å². The number of esters is 1. The van der Waals surface area contributed by atoms with E-state index in [0.29, 0.717) is 32.9 Å². The Morgan fingerprint density at radius 1 is 1.02 bits per heavy atom. The second-order valence-electron chi connectivity index (χ2n) is 11.1. The lowest BCUT2D eigenvalue weighted by Gasteiger charge is -2.26. The van der Waals surface area contributed by atoms with E-state index in [-0.39, 0.29) is 12.2 Å². The van der Waals surface area contributed by atoms with Crippen molar-refractivity contribution in [2.24, 2.45) is 4.99 Å². The smallest absolute Gasteiger partial charge is 0.338 e. The number of fused-ring (bicyclic) bond motifs is 2. The summed E-state index contributed by atoms with van der Waals surface area (Å²) < 4.78 is 7.80. The monoisotopic (exact) mass is 589 g/mol. The number of hydrogen-bond acceptors (Lipinski definition) is 5. The van der Waals surface area contributed by atoms with Crippen molar-refractivity contribution >= 4 is 34.3 Å². The van der Waals surface area contributed by atoms with Crippen LogP contribution in [0.1, 0.15) is 69.2 Å². The Balaban J connectivity index is 1.61. The Kier molecular flexibility index (Phi) is 8.00. The molecular weight excluding hydrogens is 554 g/mol. The zero-order chi connectivity index (χ0) is 30.1. The van der Waals surface area contributed by atoms with Crippen LogP contribution < -0.4 is 14.9 Å². The molecular formula is C36H35N3O3S. The van der Waals surface area contributed by atoms with Crippen molar-refractivity contribution < 1.29 is 9.53 Å². The van der Waals surface area contributed by atoms with Crippen LogP contribution >= 0.6 is 11.3 Å². The zero-order valence-electron chi connectivity index (χ0n) is 24.9. The van der Waals surface area contributed by atoms with Crippen molar-refractivity contribution in [1.29, 1.82) is 0 Å². The molecule has 0 amide bonds. The second kappa shape index (κ2) is 12.0. The molecule has 43 heavy (non-hydrogen) atoms. The van der Waals surface area contributed by atoms with Gasteiger partial charge in [-0.3, -0.25) is 9.36 Å². The molecule has 1 atom stereocenters. The molecule has 0 bridgehead atoms. The van der Waals surface area contributed by atoms with Crippen molar-refractivity contribution in [1.82, 2.24) is 9.55 Å². The highest BCUT2D eigenvalue weighted by molar-refractivity contribution is 7.07. The molecule has 0 unspecified atom stereocenters. The highest BCUT2D eigenvalue weighted by Gasteiger charge is 2.34. The largest absolute Gasteiger partial charge is 0.463 e. The second-order valence-corrected chi connectivity index (χ2v) is 12.1. The van der Waals surface area contributed by atoms with Gasteiger partial charge in [0.2, 0.25) is 0 Å². The fourth-order valence-corrected chi connectivity index (χ4v) is 6.78. The predicted octanol–water partition coefficient (Wildman–Crippen LogP) is 6.85. The molecule has 0 aliphatic carbocycles. The van der Waals surface area contributed by atoms with E-state index in [2.05, 4.69) is 56.1 Å². The number of ether oxygens (including phenoxy) is 1. The molecule has 0 saturated carbocycles. The molecule has 6 rings (SSSR count). The zero-order valence-corrected chi connectivity index (χ0v) is 25.7. The minimum Gasteiger partial charge on any atom is -0.463 e. The van der Waals surface area contributed by atoms with Crippen LogP contribution in [-0.4, -0.2) is 22.1 Å². The van der Waals surface area contributed by atoms with Gasteiger partial charge in [-0.15, -0.1) is 0 Å². The van der Waals surface area contributed by atoms with Crippen LogP contribution in [-0.2, 0) is 9.53 Å². The molecule has 1 aliphatic heterocycles. The lowest BCUT2D eigenvalue weighted by atomic mass is 9.92. The molecule has 6 nitrogen and oxygen atoms in total. The fraction of sp³-hybridized carbons (Fsp3) is 0.250. The number of para-hydroxylation sites is 1.